The first kappa shape index (κ1) is 13.9. The standard InChI is InChI=1S/C17H23NO/c1-13-7-9-16(10-8-13)11-12-17(19)18-14(2)5-4-6-15(18)3/h7-12,14-15H,4-6H2,1-3H3/b12-11+. The summed E-state index contributed by atoms with van der Waals surface area (Å²) in [5.74, 6) is 0.139. The normalized spacial score (nSPS) is 23.8. The van der Waals surface area contributed by atoms with Crippen molar-refractivity contribution in [3.63, 3.8) is 0 Å². The van der Waals surface area contributed by atoms with Crippen molar-refractivity contribution in [2.75, 3.05) is 0 Å². The molecule has 0 spiro atoms. The number of benzene rings is 1. The Hall–Kier alpha value is -1.57. The maximum absolute atomic E-state index is 12.3. The van der Waals surface area contributed by atoms with Crippen molar-refractivity contribution < 1.29 is 4.79 Å². The van der Waals surface area contributed by atoms with Crippen LogP contribution in [0.4, 0.5) is 0 Å². The topological polar surface area (TPSA) is 20.3 Å². The average Bonchev–Trinajstić information content (AvgIpc) is 2.38. The van der Waals surface area contributed by atoms with Gasteiger partial charge in [-0.25, -0.2) is 0 Å². The van der Waals surface area contributed by atoms with E-state index in [1.807, 2.05) is 23.1 Å². The minimum Gasteiger partial charge on any atom is -0.334 e. The lowest BCUT2D eigenvalue weighted by atomic mass is 9.97. The summed E-state index contributed by atoms with van der Waals surface area (Å²) in [6.45, 7) is 6.36. The van der Waals surface area contributed by atoms with Gasteiger partial charge in [0.15, 0.2) is 0 Å². The van der Waals surface area contributed by atoms with Gasteiger partial charge in [0.05, 0.1) is 0 Å². The van der Waals surface area contributed by atoms with Crippen LogP contribution in [0.25, 0.3) is 6.08 Å². The van der Waals surface area contributed by atoms with Crippen molar-refractivity contribution in [3.05, 3.63) is 41.5 Å². The van der Waals surface area contributed by atoms with Gasteiger partial charge in [-0.15, -0.1) is 0 Å². The van der Waals surface area contributed by atoms with Crippen LogP contribution in [-0.4, -0.2) is 22.9 Å². The summed E-state index contributed by atoms with van der Waals surface area (Å²) in [5, 5.41) is 0. The Morgan fingerprint density at radius 2 is 1.74 bits per heavy atom. The summed E-state index contributed by atoms with van der Waals surface area (Å²) >= 11 is 0. The third-order valence-corrected chi connectivity index (χ3v) is 3.94. The zero-order valence-electron chi connectivity index (χ0n) is 12.1. The zero-order valence-corrected chi connectivity index (χ0v) is 12.1. The third kappa shape index (κ3) is 3.46. The predicted molar refractivity (Wildman–Crippen MR) is 79.8 cm³/mol. The minimum atomic E-state index is 0.139. The van der Waals surface area contributed by atoms with Crippen LogP contribution >= 0.6 is 0 Å². The lowest BCUT2D eigenvalue weighted by Crippen LogP contribution is -2.46. The van der Waals surface area contributed by atoms with Crippen LogP contribution in [0.3, 0.4) is 0 Å². The Bertz CT molecular complexity index is 451. The number of carbonyl (C=O) groups is 1. The second kappa shape index (κ2) is 6.05. The monoisotopic (exact) mass is 257 g/mol. The van der Waals surface area contributed by atoms with Crippen molar-refractivity contribution in [1.82, 2.24) is 4.90 Å². The molecule has 2 nitrogen and oxygen atoms in total. The summed E-state index contributed by atoms with van der Waals surface area (Å²) in [4.78, 5) is 14.3. The zero-order chi connectivity index (χ0) is 13.8. The number of rotatable bonds is 2. The largest absolute Gasteiger partial charge is 0.334 e. The molecular weight excluding hydrogens is 234 g/mol. The van der Waals surface area contributed by atoms with Crippen molar-refractivity contribution in [2.45, 2.75) is 52.1 Å². The van der Waals surface area contributed by atoms with Crippen LogP contribution in [-0.2, 0) is 4.79 Å². The second-order valence-corrected chi connectivity index (χ2v) is 5.62. The van der Waals surface area contributed by atoms with Gasteiger partial charge in [-0.05, 0) is 51.7 Å². The summed E-state index contributed by atoms with van der Waals surface area (Å²) in [6.07, 6.45) is 7.09. The Morgan fingerprint density at radius 1 is 1.16 bits per heavy atom. The molecule has 2 unspecified atom stereocenters. The van der Waals surface area contributed by atoms with Crippen LogP contribution in [0.1, 0.15) is 44.2 Å². The minimum absolute atomic E-state index is 0.139. The number of likely N-dealkylation sites (tertiary alicyclic amines) is 1. The molecule has 1 amide bonds. The number of hydrogen-bond acceptors (Lipinski definition) is 1. The quantitative estimate of drug-likeness (QED) is 0.738. The molecule has 1 aromatic rings. The van der Waals surface area contributed by atoms with E-state index in [0.29, 0.717) is 12.1 Å². The fourth-order valence-corrected chi connectivity index (χ4v) is 2.79. The molecule has 102 valence electrons. The molecule has 0 radical (unpaired) electrons. The van der Waals surface area contributed by atoms with E-state index in [-0.39, 0.29) is 5.91 Å². The first-order valence-electron chi connectivity index (χ1n) is 7.15. The van der Waals surface area contributed by atoms with Crippen LogP contribution in [0, 0.1) is 6.92 Å². The van der Waals surface area contributed by atoms with E-state index in [1.165, 1.54) is 12.0 Å². The van der Waals surface area contributed by atoms with Crippen molar-refractivity contribution >= 4 is 12.0 Å². The molecule has 0 bridgehead atoms. The number of amides is 1. The molecule has 0 N–H and O–H groups in total. The number of aryl methyl sites for hydroxylation is 1. The van der Waals surface area contributed by atoms with Gasteiger partial charge in [0.2, 0.25) is 5.91 Å². The van der Waals surface area contributed by atoms with Gasteiger partial charge in [-0.3, -0.25) is 4.79 Å². The lowest BCUT2D eigenvalue weighted by Gasteiger charge is -2.38. The first-order chi connectivity index (χ1) is 9.08. The smallest absolute Gasteiger partial charge is 0.247 e. The highest BCUT2D eigenvalue weighted by Crippen LogP contribution is 2.22. The Labute approximate surface area is 116 Å². The van der Waals surface area contributed by atoms with Gasteiger partial charge in [0, 0.05) is 18.2 Å². The van der Waals surface area contributed by atoms with Gasteiger partial charge in [-0.2, -0.15) is 0 Å². The van der Waals surface area contributed by atoms with Gasteiger partial charge in [-0.1, -0.05) is 29.8 Å². The van der Waals surface area contributed by atoms with Crippen LogP contribution in [0.15, 0.2) is 30.3 Å². The molecular formula is C17H23NO. The molecule has 2 atom stereocenters. The molecule has 1 aromatic carbocycles. The Balaban J connectivity index is 2.05. The Morgan fingerprint density at radius 3 is 2.32 bits per heavy atom. The second-order valence-electron chi connectivity index (χ2n) is 5.62. The maximum Gasteiger partial charge on any atom is 0.247 e. The predicted octanol–water partition coefficient (Wildman–Crippen LogP) is 3.80. The summed E-state index contributed by atoms with van der Waals surface area (Å²) in [6, 6.07) is 8.94. The molecule has 2 rings (SSSR count). The van der Waals surface area contributed by atoms with E-state index in [1.54, 1.807) is 6.08 Å². The van der Waals surface area contributed by atoms with Crippen molar-refractivity contribution in [3.8, 4) is 0 Å². The highest BCUT2D eigenvalue weighted by molar-refractivity contribution is 5.92. The van der Waals surface area contributed by atoms with Gasteiger partial charge < -0.3 is 4.90 Å². The SMILES string of the molecule is Cc1ccc(/C=C/C(=O)N2C(C)CCCC2C)cc1. The fourth-order valence-electron chi connectivity index (χ4n) is 2.79. The average molecular weight is 257 g/mol. The van der Waals surface area contributed by atoms with Crippen molar-refractivity contribution in [2.24, 2.45) is 0 Å². The Kier molecular flexibility index (Phi) is 4.41. The number of carbonyl (C=O) groups excluding carboxylic acids is 1. The van der Waals surface area contributed by atoms with Crippen LogP contribution in [0.5, 0.6) is 0 Å². The fraction of sp³-hybridized carbons (Fsp3) is 0.471. The summed E-state index contributed by atoms with van der Waals surface area (Å²) in [7, 11) is 0. The van der Waals surface area contributed by atoms with Gasteiger partial charge >= 0.3 is 0 Å². The number of nitrogens with zero attached hydrogens (tertiary/aromatic N) is 1. The highest BCUT2D eigenvalue weighted by atomic mass is 16.2. The molecule has 1 saturated heterocycles. The molecule has 19 heavy (non-hydrogen) atoms. The molecule has 2 heteroatoms. The van der Waals surface area contributed by atoms with Crippen LogP contribution in [0.2, 0.25) is 0 Å². The molecule has 1 heterocycles. The lowest BCUT2D eigenvalue weighted by molar-refractivity contribution is -0.131. The van der Waals surface area contributed by atoms with E-state index < -0.39 is 0 Å². The van der Waals surface area contributed by atoms with Gasteiger partial charge in [0.25, 0.3) is 0 Å². The van der Waals surface area contributed by atoms with E-state index in [0.717, 1.165) is 18.4 Å². The summed E-state index contributed by atoms with van der Waals surface area (Å²) < 4.78 is 0. The molecule has 0 aliphatic carbocycles. The van der Waals surface area contributed by atoms with Crippen molar-refractivity contribution in [1.29, 1.82) is 0 Å². The molecule has 1 aliphatic rings. The van der Waals surface area contributed by atoms with E-state index in [4.69, 9.17) is 0 Å². The highest BCUT2D eigenvalue weighted by Gasteiger charge is 2.27. The van der Waals surface area contributed by atoms with Gasteiger partial charge in [0.1, 0.15) is 0 Å². The third-order valence-electron chi connectivity index (χ3n) is 3.94. The number of hydrogen-bond donors (Lipinski definition) is 0. The van der Waals surface area contributed by atoms with E-state index in [9.17, 15) is 4.79 Å². The molecule has 1 fully saturated rings. The summed E-state index contributed by atoms with van der Waals surface area (Å²) in [5.41, 5.74) is 2.32. The molecule has 0 saturated carbocycles. The van der Waals surface area contributed by atoms with E-state index >= 15 is 0 Å². The first-order valence-corrected chi connectivity index (χ1v) is 7.15. The molecule has 1 aliphatic heterocycles. The van der Waals surface area contributed by atoms with Crippen LogP contribution < -0.4 is 0 Å². The van der Waals surface area contributed by atoms with E-state index in [2.05, 4.69) is 32.9 Å². The maximum atomic E-state index is 12.3. The molecule has 0 aromatic heterocycles. The number of piperidine rings is 1.